The molecule has 1 aromatic carbocycles. The van der Waals surface area contributed by atoms with Gasteiger partial charge in [0.25, 0.3) is 0 Å². The molecule has 0 unspecified atom stereocenters. The van der Waals surface area contributed by atoms with Gasteiger partial charge in [-0.1, -0.05) is 17.3 Å². The molecule has 2 aromatic rings. The number of nitrogens with zero attached hydrogens (tertiary/aromatic N) is 2. The van der Waals surface area contributed by atoms with Crippen LogP contribution in [0.1, 0.15) is 18.4 Å². The Bertz CT molecular complexity index is 622. The lowest BCUT2D eigenvalue weighted by Crippen LogP contribution is -2.18. The Hall–Kier alpha value is -2.38. The SMILES string of the molecule is CC(=O)NCc1nc(-c2cccc(C(F)(F)F)c2)no1. The number of hydrogen-bond acceptors (Lipinski definition) is 4. The molecular weight excluding hydrogens is 275 g/mol. The van der Waals surface area contributed by atoms with E-state index in [2.05, 4.69) is 15.5 Å². The number of benzene rings is 1. The standard InChI is InChI=1S/C12H10F3N3O2/c1-7(19)16-6-10-17-11(18-20-10)8-3-2-4-9(5-8)12(13,14)15/h2-5H,6H2,1H3,(H,16,19). The molecule has 0 aliphatic carbocycles. The summed E-state index contributed by atoms with van der Waals surface area (Å²) in [6.45, 7) is 1.35. The molecule has 1 N–H and O–H groups in total. The van der Waals surface area contributed by atoms with E-state index in [0.717, 1.165) is 12.1 Å². The summed E-state index contributed by atoms with van der Waals surface area (Å²) >= 11 is 0. The molecule has 1 heterocycles. The number of halogens is 3. The zero-order valence-electron chi connectivity index (χ0n) is 10.4. The molecule has 0 fully saturated rings. The van der Waals surface area contributed by atoms with Gasteiger partial charge in [-0.25, -0.2) is 0 Å². The van der Waals surface area contributed by atoms with Crippen molar-refractivity contribution >= 4 is 5.91 Å². The van der Waals surface area contributed by atoms with Crippen molar-refractivity contribution < 1.29 is 22.5 Å². The molecule has 0 aliphatic heterocycles. The van der Waals surface area contributed by atoms with E-state index >= 15 is 0 Å². The van der Waals surface area contributed by atoms with E-state index in [1.807, 2.05) is 0 Å². The minimum Gasteiger partial charge on any atom is -0.347 e. The Balaban J connectivity index is 2.22. The fourth-order valence-corrected chi connectivity index (χ4v) is 1.48. The quantitative estimate of drug-likeness (QED) is 0.940. The number of rotatable bonds is 3. The van der Waals surface area contributed by atoms with Crippen LogP contribution in [0.4, 0.5) is 13.2 Å². The fraction of sp³-hybridized carbons (Fsp3) is 0.250. The first-order valence-electron chi connectivity index (χ1n) is 5.61. The highest BCUT2D eigenvalue weighted by atomic mass is 19.4. The van der Waals surface area contributed by atoms with Gasteiger partial charge in [0.15, 0.2) is 0 Å². The number of hydrogen-bond donors (Lipinski definition) is 1. The Morgan fingerprint density at radius 3 is 2.80 bits per heavy atom. The number of nitrogens with one attached hydrogen (secondary N) is 1. The molecule has 0 saturated carbocycles. The van der Waals surface area contributed by atoms with E-state index in [0.29, 0.717) is 0 Å². The van der Waals surface area contributed by atoms with Crippen molar-refractivity contribution in [1.29, 1.82) is 0 Å². The first kappa shape index (κ1) is 14.0. The molecule has 0 radical (unpaired) electrons. The maximum atomic E-state index is 12.6. The third-order valence-electron chi connectivity index (χ3n) is 2.40. The molecule has 1 amide bonds. The van der Waals surface area contributed by atoms with Crippen molar-refractivity contribution in [3.05, 3.63) is 35.7 Å². The molecule has 0 atom stereocenters. The van der Waals surface area contributed by atoms with Crippen LogP contribution in [0.2, 0.25) is 0 Å². The largest absolute Gasteiger partial charge is 0.416 e. The molecule has 8 heteroatoms. The molecule has 5 nitrogen and oxygen atoms in total. The van der Waals surface area contributed by atoms with Gasteiger partial charge < -0.3 is 9.84 Å². The summed E-state index contributed by atoms with van der Waals surface area (Å²) in [4.78, 5) is 14.6. The van der Waals surface area contributed by atoms with Gasteiger partial charge in [0.2, 0.25) is 17.6 Å². The molecule has 106 valence electrons. The Labute approximate surface area is 111 Å². The number of amides is 1. The summed E-state index contributed by atoms with van der Waals surface area (Å²) in [5, 5.41) is 6.03. The molecule has 1 aromatic heterocycles. The van der Waals surface area contributed by atoms with Gasteiger partial charge in [-0.2, -0.15) is 18.2 Å². The topological polar surface area (TPSA) is 68.0 Å². The van der Waals surface area contributed by atoms with Gasteiger partial charge >= 0.3 is 6.18 Å². The number of alkyl halides is 3. The van der Waals surface area contributed by atoms with Crippen molar-refractivity contribution in [1.82, 2.24) is 15.5 Å². The lowest BCUT2D eigenvalue weighted by Gasteiger charge is -2.06. The maximum Gasteiger partial charge on any atom is 0.416 e. The third-order valence-corrected chi connectivity index (χ3v) is 2.40. The minimum absolute atomic E-state index is 0.0291. The van der Waals surface area contributed by atoms with Crippen LogP contribution >= 0.6 is 0 Å². The average molecular weight is 285 g/mol. The molecule has 0 aliphatic rings. The second-order valence-electron chi connectivity index (χ2n) is 4.00. The second-order valence-corrected chi connectivity index (χ2v) is 4.00. The molecule has 0 bridgehead atoms. The van der Waals surface area contributed by atoms with Crippen LogP contribution in [0.25, 0.3) is 11.4 Å². The zero-order chi connectivity index (χ0) is 14.8. The van der Waals surface area contributed by atoms with Crippen LogP contribution < -0.4 is 5.32 Å². The molecule has 0 saturated heterocycles. The third kappa shape index (κ3) is 3.34. The van der Waals surface area contributed by atoms with Crippen LogP contribution in [-0.4, -0.2) is 16.0 Å². The predicted molar refractivity (Wildman–Crippen MR) is 62.3 cm³/mol. The van der Waals surface area contributed by atoms with E-state index in [4.69, 9.17) is 4.52 Å². The summed E-state index contributed by atoms with van der Waals surface area (Å²) in [5.74, 6) is -0.118. The van der Waals surface area contributed by atoms with E-state index in [1.165, 1.54) is 19.1 Å². The highest BCUT2D eigenvalue weighted by Crippen LogP contribution is 2.31. The Kier molecular flexibility index (Phi) is 3.73. The van der Waals surface area contributed by atoms with E-state index < -0.39 is 11.7 Å². The van der Waals surface area contributed by atoms with Gasteiger partial charge in [-0.05, 0) is 12.1 Å². The van der Waals surface area contributed by atoms with Gasteiger partial charge in [-0.15, -0.1) is 0 Å². The molecular formula is C12H10F3N3O2. The van der Waals surface area contributed by atoms with Crippen LogP contribution in [0.5, 0.6) is 0 Å². The highest BCUT2D eigenvalue weighted by Gasteiger charge is 2.30. The maximum absolute atomic E-state index is 12.6. The van der Waals surface area contributed by atoms with Gasteiger partial charge in [0.1, 0.15) is 0 Å². The second kappa shape index (κ2) is 5.32. The van der Waals surface area contributed by atoms with E-state index in [-0.39, 0.29) is 29.7 Å². The van der Waals surface area contributed by atoms with Crippen LogP contribution in [0, 0.1) is 0 Å². The normalized spacial score (nSPS) is 11.4. The fourth-order valence-electron chi connectivity index (χ4n) is 1.48. The number of aromatic nitrogens is 2. The van der Waals surface area contributed by atoms with Crippen LogP contribution in [-0.2, 0) is 17.5 Å². The molecule has 2 rings (SSSR count). The zero-order valence-corrected chi connectivity index (χ0v) is 10.4. The molecule has 0 spiro atoms. The summed E-state index contributed by atoms with van der Waals surface area (Å²) in [7, 11) is 0. The monoisotopic (exact) mass is 285 g/mol. The minimum atomic E-state index is -4.43. The van der Waals surface area contributed by atoms with Crippen molar-refractivity contribution in [3.63, 3.8) is 0 Å². The smallest absolute Gasteiger partial charge is 0.347 e. The Morgan fingerprint density at radius 2 is 2.15 bits per heavy atom. The summed E-state index contributed by atoms with van der Waals surface area (Å²) in [6, 6.07) is 4.61. The summed E-state index contributed by atoms with van der Waals surface area (Å²) < 4.78 is 42.6. The van der Waals surface area contributed by atoms with Gasteiger partial charge in [0, 0.05) is 12.5 Å². The lowest BCUT2D eigenvalue weighted by molar-refractivity contribution is -0.137. The number of carbonyl (C=O) groups excluding carboxylic acids is 1. The Morgan fingerprint density at radius 1 is 1.40 bits per heavy atom. The first-order chi connectivity index (χ1) is 9.36. The van der Waals surface area contributed by atoms with Gasteiger partial charge in [-0.3, -0.25) is 4.79 Å². The first-order valence-corrected chi connectivity index (χ1v) is 5.61. The van der Waals surface area contributed by atoms with Crippen molar-refractivity contribution in [2.45, 2.75) is 19.6 Å². The lowest BCUT2D eigenvalue weighted by atomic mass is 10.1. The van der Waals surface area contributed by atoms with Crippen LogP contribution in [0.3, 0.4) is 0 Å². The van der Waals surface area contributed by atoms with E-state index in [1.54, 1.807) is 0 Å². The van der Waals surface area contributed by atoms with E-state index in [9.17, 15) is 18.0 Å². The summed E-state index contributed by atoms with van der Waals surface area (Å²) in [5.41, 5.74) is -0.596. The highest BCUT2D eigenvalue weighted by molar-refractivity contribution is 5.72. The van der Waals surface area contributed by atoms with Crippen molar-refractivity contribution in [2.24, 2.45) is 0 Å². The van der Waals surface area contributed by atoms with Crippen molar-refractivity contribution in [2.75, 3.05) is 0 Å². The average Bonchev–Trinajstić information content (AvgIpc) is 2.84. The predicted octanol–water partition coefficient (Wildman–Crippen LogP) is 2.39. The van der Waals surface area contributed by atoms with Crippen LogP contribution in [0.15, 0.2) is 28.8 Å². The number of carbonyl (C=O) groups is 1. The molecule has 20 heavy (non-hydrogen) atoms. The van der Waals surface area contributed by atoms with Gasteiger partial charge in [0.05, 0.1) is 12.1 Å². The summed E-state index contributed by atoms with van der Waals surface area (Å²) in [6.07, 6.45) is -4.43. The van der Waals surface area contributed by atoms with Crippen molar-refractivity contribution in [3.8, 4) is 11.4 Å².